The Kier molecular flexibility index (Phi) is 44.5. The van der Waals surface area contributed by atoms with Crippen LogP contribution in [-0.2, 0) is 94.3 Å². The van der Waals surface area contributed by atoms with E-state index in [2.05, 4.69) is 99.4 Å². The number of phenolic OH excluding ortho intramolecular Hbond substituents is 1. The summed E-state index contributed by atoms with van der Waals surface area (Å²) in [5.41, 5.74) is 35.4. The molecule has 2 aromatic carbocycles. The van der Waals surface area contributed by atoms with E-state index >= 15 is 9.59 Å². The molecule has 17 amide bonds. The third-order valence-corrected chi connectivity index (χ3v) is 24.4. The van der Waals surface area contributed by atoms with Crippen LogP contribution in [0.15, 0.2) is 54.7 Å². The van der Waals surface area contributed by atoms with Gasteiger partial charge in [-0.2, -0.15) is 25.3 Å². The molecule has 46 nitrogen and oxygen atoms in total. The number of benzene rings is 2. The van der Waals surface area contributed by atoms with E-state index in [-0.39, 0.29) is 153 Å². The van der Waals surface area contributed by atoms with Gasteiger partial charge in [0.05, 0.1) is 25.9 Å². The zero-order chi connectivity index (χ0) is 97.7. The fraction of sp³-hybridized carbons (Fsp3) is 0.624. The molecule has 4 aliphatic heterocycles. The Labute approximate surface area is 780 Å². The van der Waals surface area contributed by atoms with E-state index in [0.717, 1.165) is 6.92 Å². The quantitative estimate of drug-likeness (QED) is 0.0108. The molecule has 1 aromatic heterocycles. The highest BCUT2D eigenvalue weighted by atomic mass is 32.1. The molecule has 4 fully saturated rings. The van der Waals surface area contributed by atoms with E-state index in [0.29, 0.717) is 73.5 Å². The topological polar surface area (TPSA) is 736 Å². The highest BCUT2D eigenvalue weighted by Crippen LogP contribution is 2.29. The minimum Gasteiger partial charge on any atom is -0.508 e. The number of thiol groups is 2. The molecule has 3 aromatic rings. The lowest BCUT2D eigenvalue weighted by Gasteiger charge is -2.34. The molecule has 4 aliphatic rings. The SMILES string of the molecule is C[C@H](NC(=O)[C@@H](N)CO)C(=O)N1CCC[C@H]1C(=O)N[C@@H](CCCNC(=N)N)C(=O)NCC(=O)N[C@@H](CS)C(=O)N[C@@H](Cc1c[nH]c2ccccc12)C(=O)N[C@H](C(=O)N[C@@H](CCCCN)C(=O)N[C@@H](CO)C(=O)N[C@@H](Cc1ccc(O)cc1)C(=O)N1CCC[C@H]1C(=O)N1CCC[C@H]1C(=O)N[C@@H](CCCCN)C(=O)N1CCC[C@H]1C(=O)N[C@@H](CS)C(=O)N[C@@H](CCCCN)C(N)=O)[C@@H](C)O. The van der Waals surface area contributed by atoms with Crippen molar-refractivity contribution in [2.24, 2.45) is 34.4 Å². The largest absolute Gasteiger partial charge is 0.508 e. The van der Waals surface area contributed by atoms with Crippen LogP contribution in [0.5, 0.6) is 5.75 Å². The molecule has 4 saturated heterocycles. The first-order chi connectivity index (χ1) is 63.5. The summed E-state index contributed by atoms with van der Waals surface area (Å²) in [4.78, 5) is 248. The number of rotatable bonds is 54. The molecule has 7 rings (SSSR count). The predicted molar refractivity (Wildman–Crippen MR) is 491 cm³/mol. The minimum absolute atomic E-state index is 0.0166. The van der Waals surface area contributed by atoms with Crippen molar-refractivity contribution in [3.63, 3.8) is 0 Å². The molecular formula is C85H133N25O21S2. The van der Waals surface area contributed by atoms with Crippen LogP contribution in [0.1, 0.15) is 147 Å². The first-order valence-corrected chi connectivity index (χ1v) is 46.3. The molecule has 31 N–H and O–H groups in total. The molecule has 0 unspecified atom stereocenters. The van der Waals surface area contributed by atoms with Gasteiger partial charge in [-0.1, -0.05) is 30.3 Å². The van der Waals surface area contributed by atoms with Crippen molar-refractivity contribution in [2.75, 3.05) is 83.6 Å². The smallest absolute Gasteiger partial charge is 0.246 e. The summed E-state index contributed by atoms with van der Waals surface area (Å²) >= 11 is 8.59. The number of aromatic amines is 1. The van der Waals surface area contributed by atoms with E-state index < -0.39 is 229 Å². The second-order valence-corrected chi connectivity index (χ2v) is 34.3. The number of amides is 17. The number of unbranched alkanes of at least 4 members (excludes halogenated alkanes) is 3. The zero-order valence-corrected chi connectivity index (χ0v) is 76.7. The number of hydrogen-bond donors (Lipinski definition) is 27. The van der Waals surface area contributed by atoms with E-state index in [9.17, 15) is 92.3 Å². The lowest BCUT2D eigenvalue weighted by atomic mass is 10.0. The number of nitrogens with two attached hydrogens (primary N) is 6. The Morgan fingerprint density at radius 1 is 0.466 bits per heavy atom. The third-order valence-electron chi connectivity index (χ3n) is 23.6. The van der Waals surface area contributed by atoms with Gasteiger partial charge in [-0.15, -0.1) is 0 Å². The molecule has 0 spiro atoms. The number of guanidine groups is 1. The predicted octanol–water partition coefficient (Wildman–Crippen LogP) is -8.22. The van der Waals surface area contributed by atoms with Crippen molar-refractivity contribution in [3.8, 4) is 5.75 Å². The normalized spacial score (nSPS) is 18.8. The highest BCUT2D eigenvalue weighted by molar-refractivity contribution is 7.80. The molecule has 133 heavy (non-hydrogen) atoms. The molecule has 0 aliphatic carbocycles. The average molecular weight is 1910 g/mol. The van der Waals surface area contributed by atoms with E-state index in [1.807, 2.05) is 0 Å². The standard InChI is InChI=1S/C85H133N25O21S2/c1-46(96-70(117)52(89)42-111)81(128)107-34-12-22-63(107)77(124)99-55(21-11-33-93-85(91)92)71(118)95-41-67(115)97-61(44-132)75(122)102-58(39-49-40-94-53-17-4-3-16-51(49)53)73(120)106-68(47(2)113)80(127)100-56(19-6-9-31-87)72(119)104-60(43-112)74(121)103-59(38-48-26-28-50(114)29-27-48)83(130)110-37-15-25-66(110)84(131)109-36-14-24-65(109)78(125)101-57(20-7-10-32-88)82(129)108-35-13-23-64(108)79(126)105-62(45-133)76(123)98-54(69(90)116)18-5-8-30-86/h3-4,16-17,26-29,40,46-47,52,54-66,68,94,111-114,132-133H,5-15,18-25,30-39,41-45,86-89H2,1-2H3,(H2,90,116)(H,95,118)(H,96,117)(H,97,115)(H,98,123)(H,99,124)(H,100,127)(H,101,125)(H,102,122)(H,103,121)(H,104,119)(H,105,126)(H,106,120)(H4,91,92,93)/t46-,47+,52-,54-,55-,56-,57-,58-,59-,60-,61-,62-,63-,64-,65-,66-,68-/m0/s1. The second kappa shape index (κ2) is 54.6. The number of aliphatic hydroxyl groups is 3. The number of carbonyl (C=O) groups excluding carboxylic acids is 17. The van der Waals surface area contributed by atoms with Crippen molar-refractivity contribution in [1.29, 1.82) is 5.41 Å². The van der Waals surface area contributed by atoms with Gasteiger partial charge in [0.1, 0.15) is 102 Å². The van der Waals surface area contributed by atoms with Crippen molar-refractivity contribution in [1.82, 2.24) is 93.7 Å². The summed E-state index contributed by atoms with van der Waals surface area (Å²) in [6.45, 7) is 1.01. The van der Waals surface area contributed by atoms with Crippen LogP contribution < -0.4 is 104 Å². The van der Waals surface area contributed by atoms with E-state index in [4.69, 9.17) is 39.8 Å². The van der Waals surface area contributed by atoms with Gasteiger partial charge in [0.15, 0.2) is 5.96 Å². The number of likely N-dealkylation sites (tertiary alicyclic amines) is 4. The summed E-state index contributed by atoms with van der Waals surface area (Å²) in [6.07, 6.45) is 3.77. The van der Waals surface area contributed by atoms with Crippen molar-refractivity contribution in [2.45, 2.75) is 251 Å². The molecule has 736 valence electrons. The summed E-state index contributed by atoms with van der Waals surface area (Å²) in [5, 5.41) is 83.3. The first-order valence-electron chi connectivity index (χ1n) is 45.0. The Balaban J connectivity index is 1.03. The van der Waals surface area contributed by atoms with Crippen LogP contribution in [0.3, 0.4) is 0 Å². The number of H-pyrrole nitrogens is 1. The first kappa shape index (κ1) is 108. The number of phenols is 1. The number of nitrogens with one attached hydrogen (secondary N) is 15. The average Bonchev–Trinajstić information content (AvgIpc) is 1.67. The molecule has 0 radical (unpaired) electrons. The lowest BCUT2D eigenvalue weighted by Crippen LogP contribution is -2.62. The number of para-hydroxylation sites is 1. The van der Waals surface area contributed by atoms with Crippen molar-refractivity contribution < 1.29 is 102 Å². The number of hydrogen-bond acceptors (Lipinski definition) is 28. The number of aromatic hydroxyl groups is 1. The Morgan fingerprint density at radius 2 is 0.917 bits per heavy atom. The van der Waals surface area contributed by atoms with E-state index in [1.165, 1.54) is 50.8 Å². The molecule has 17 atom stereocenters. The number of nitrogens with zero attached hydrogens (tertiary/aromatic N) is 4. The maximum Gasteiger partial charge on any atom is 0.246 e. The Morgan fingerprint density at radius 3 is 1.47 bits per heavy atom. The Bertz CT molecular complexity index is 4520. The van der Waals surface area contributed by atoms with Gasteiger partial charge in [0.2, 0.25) is 100 Å². The maximum absolute atomic E-state index is 15.2. The molecular weight excluding hydrogens is 1770 g/mol. The van der Waals surface area contributed by atoms with Gasteiger partial charge in [-0.05, 0) is 185 Å². The number of aliphatic hydroxyl groups excluding tert-OH is 3. The van der Waals surface area contributed by atoms with Crippen LogP contribution >= 0.6 is 25.3 Å². The summed E-state index contributed by atoms with van der Waals surface area (Å²) in [6, 6.07) is -9.42. The number of fused-ring (bicyclic) bond motifs is 1. The molecule has 0 saturated carbocycles. The van der Waals surface area contributed by atoms with E-state index in [1.54, 1.807) is 30.5 Å². The fourth-order valence-corrected chi connectivity index (χ4v) is 16.8. The summed E-state index contributed by atoms with van der Waals surface area (Å²) in [5.74, 6) is -15.5. The van der Waals surface area contributed by atoms with Gasteiger partial charge >= 0.3 is 0 Å². The van der Waals surface area contributed by atoms with Crippen LogP contribution in [0, 0.1) is 5.41 Å². The van der Waals surface area contributed by atoms with Crippen LogP contribution in [-0.4, -0.2) is 338 Å². The fourth-order valence-electron chi connectivity index (χ4n) is 16.3. The van der Waals surface area contributed by atoms with Crippen molar-refractivity contribution in [3.05, 3.63) is 65.9 Å². The van der Waals surface area contributed by atoms with Gasteiger partial charge in [0.25, 0.3) is 0 Å². The zero-order valence-electron chi connectivity index (χ0n) is 74.9. The molecule has 48 heteroatoms. The molecule has 0 bridgehead atoms. The van der Waals surface area contributed by atoms with Crippen LogP contribution in [0.2, 0.25) is 0 Å². The summed E-state index contributed by atoms with van der Waals surface area (Å²) in [7, 11) is 0. The number of carbonyl (C=O) groups is 17. The third kappa shape index (κ3) is 32.1. The van der Waals surface area contributed by atoms with Crippen molar-refractivity contribution >= 4 is 143 Å². The Hall–Kier alpha value is -11.5. The summed E-state index contributed by atoms with van der Waals surface area (Å²) < 4.78 is 0. The number of aromatic nitrogens is 1. The van der Waals surface area contributed by atoms with Gasteiger partial charge < -0.3 is 149 Å². The van der Waals surface area contributed by atoms with Gasteiger partial charge in [-0.3, -0.25) is 86.9 Å². The number of primary amides is 1. The van der Waals surface area contributed by atoms with Crippen LogP contribution in [0.25, 0.3) is 10.9 Å². The highest BCUT2D eigenvalue weighted by Gasteiger charge is 2.47. The van der Waals surface area contributed by atoms with Gasteiger partial charge in [-0.25, -0.2) is 0 Å². The maximum atomic E-state index is 15.2. The minimum atomic E-state index is -1.91. The van der Waals surface area contributed by atoms with Gasteiger partial charge in [0, 0.05) is 74.2 Å². The monoisotopic (exact) mass is 1900 g/mol. The molecule has 5 heterocycles. The second-order valence-electron chi connectivity index (χ2n) is 33.6. The van der Waals surface area contributed by atoms with Crippen LogP contribution in [0.4, 0.5) is 0 Å². The lowest BCUT2D eigenvalue weighted by molar-refractivity contribution is -0.148.